The lowest BCUT2D eigenvalue weighted by atomic mass is 9.81. The summed E-state index contributed by atoms with van der Waals surface area (Å²) in [5.41, 5.74) is 21.3. The predicted molar refractivity (Wildman–Crippen MR) is 293 cm³/mol. The summed E-state index contributed by atoms with van der Waals surface area (Å²) in [5, 5.41) is 2.44. The summed E-state index contributed by atoms with van der Waals surface area (Å²) in [7, 11) is 0. The third kappa shape index (κ3) is 7.86. The maximum absolute atomic E-state index is 2.45. The van der Waals surface area contributed by atoms with Gasteiger partial charge in [-0.3, -0.25) is 0 Å². The summed E-state index contributed by atoms with van der Waals surface area (Å²) in [4.78, 5) is 4.79. The summed E-state index contributed by atoms with van der Waals surface area (Å²) in [6, 6.07) is 97.2. The molecule has 0 aromatic heterocycles. The normalized spacial score (nSPS) is 12.3. The maximum atomic E-state index is 2.45. The van der Waals surface area contributed by atoms with E-state index >= 15 is 0 Å². The molecule has 0 unspecified atom stereocenters. The van der Waals surface area contributed by atoms with Crippen molar-refractivity contribution >= 4 is 44.9 Å². The molecule has 328 valence electrons. The van der Waals surface area contributed by atoms with Crippen LogP contribution in [0.1, 0.15) is 25.0 Å². The summed E-state index contributed by atoms with van der Waals surface area (Å²) >= 11 is 0. The van der Waals surface area contributed by atoms with Gasteiger partial charge in [-0.25, -0.2) is 0 Å². The van der Waals surface area contributed by atoms with Gasteiger partial charge in [-0.05, 0) is 162 Å². The molecule has 0 amide bonds. The van der Waals surface area contributed by atoms with E-state index < -0.39 is 0 Å². The zero-order valence-corrected chi connectivity index (χ0v) is 38.8. The molecular formula is C67H50N2. The Hall–Kier alpha value is -8.72. The molecule has 0 atom stereocenters. The van der Waals surface area contributed by atoms with Crippen molar-refractivity contribution in [2.24, 2.45) is 0 Å². The third-order valence-electron chi connectivity index (χ3n) is 14.0. The van der Waals surface area contributed by atoms with Crippen molar-refractivity contribution in [3.63, 3.8) is 0 Å². The first kappa shape index (κ1) is 41.7. The van der Waals surface area contributed by atoms with E-state index in [9.17, 15) is 0 Å². The number of fused-ring (bicyclic) bond motifs is 4. The predicted octanol–water partition coefficient (Wildman–Crippen LogP) is 18.8. The number of anilines is 6. The first-order chi connectivity index (χ1) is 33.9. The number of hydrogen-bond donors (Lipinski definition) is 0. The molecule has 1 aliphatic carbocycles. The largest absolute Gasteiger partial charge is 0.310 e. The second-order valence-corrected chi connectivity index (χ2v) is 18.6. The van der Waals surface area contributed by atoms with Crippen LogP contribution in [0.4, 0.5) is 34.1 Å². The highest BCUT2D eigenvalue weighted by molar-refractivity contribution is 5.97. The number of nitrogens with zero attached hydrogens (tertiary/aromatic N) is 2. The van der Waals surface area contributed by atoms with Crippen molar-refractivity contribution in [1.82, 2.24) is 0 Å². The highest BCUT2D eigenvalue weighted by Crippen LogP contribution is 2.52. The summed E-state index contributed by atoms with van der Waals surface area (Å²) in [6.45, 7) is 4.78. The third-order valence-corrected chi connectivity index (χ3v) is 14.0. The highest BCUT2D eigenvalue weighted by Gasteiger charge is 2.36. The monoisotopic (exact) mass is 882 g/mol. The van der Waals surface area contributed by atoms with Crippen molar-refractivity contribution < 1.29 is 0 Å². The molecule has 0 saturated heterocycles. The van der Waals surface area contributed by atoms with Gasteiger partial charge in [0.2, 0.25) is 0 Å². The van der Waals surface area contributed by atoms with Crippen molar-refractivity contribution in [2.75, 3.05) is 9.80 Å². The molecule has 0 radical (unpaired) electrons. The van der Waals surface area contributed by atoms with E-state index in [0.717, 1.165) is 34.1 Å². The molecule has 0 spiro atoms. The fourth-order valence-electron chi connectivity index (χ4n) is 10.4. The Kier molecular flexibility index (Phi) is 10.6. The minimum absolute atomic E-state index is 0.245. The lowest BCUT2D eigenvalue weighted by Crippen LogP contribution is -2.16. The van der Waals surface area contributed by atoms with Crippen LogP contribution in [0.3, 0.4) is 0 Å². The molecule has 11 aromatic rings. The Labute approximate surface area is 405 Å². The van der Waals surface area contributed by atoms with Gasteiger partial charge in [-0.15, -0.1) is 0 Å². The van der Waals surface area contributed by atoms with Crippen LogP contribution in [0, 0.1) is 0 Å². The number of hydrogen-bond acceptors (Lipinski definition) is 2. The van der Waals surface area contributed by atoms with E-state index in [1.807, 2.05) is 0 Å². The van der Waals surface area contributed by atoms with Gasteiger partial charge in [0, 0.05) is 39.5 Å². The van der Waals surface area contributed by atoms with Crippen LogP contribution in [0.2, 0.25) is 0 Å². The van der Waals surface area contributed by atoms with Crippen LogP contribution in [0.25, 0.3) is 66.4 Å². The molecule has 0 heterocycles. The smallest absolute Gasteiger partial charge is 0.0468 e. The van der Waals surface area contributed by atoms with Gasteiger partial charge in [0.15, 0.2) is 0 Å². The van der Waals surface area contributed by atoms with Gasteiger partial charge < -0.3 is 9.80 Å². The molecule has 0 aliphatic heterocycles. The molecule has 2 heteroatoms. The molecule has 0 bridgehead atoms. The van der Waals surface area contributed by atoms with E-state index in [4.69, 9.17) is 0 Å². The molecule has 69 heavy (non-hydrogen) atoms. The Morgan fingerprint density at radius 3 is 0.913 bits per heavy atom. The van der Waals surface area contributed by atoms with E-state index in [2.05, 4.69) is 291 Å². The molecule has 0 saturated carbocycles. The number of rotatable bonds is 10. The molecule has 11 aromatic carbocycles. The van der Waals surface area contributed by atoms with E-state index in [1.54, 1.807) is 0 Å². The van der Waals surface area contributed by atoms with Gasteiger partial charge in [-0.1, -0.05) is 196 Å². The minimum Gasteiger partial charge on any atom is -0.310 e. The second kappa shape index (κ2) is 17.5. The Morgan fingerprint density at radius 2 is 0.536 bits per heavy atom. The Morgan fingerprint density at radius 1 is 0.232 bits per heavy atom. The van der Waals surface area contributed by atoms with E-state index in [1.165, 1.54) is 77.5 Å². The Balaban J connectivity index is 0.923. The van der Waals surface area contributed by atoms with Crippen LogP contribution in [-0.4, -0.2) is 0 Å². The van der Waals surface area contributed by atoms with Gasteiger partial charge in [-0.2, -0.15) is 0 Å². The standard InChI is InChI=1S/C67H50N2/c1-67(2)65-45-56-43-61(68(57-32-23-51(24-33-57)47-15-7-3-8-16-47)58-34-25-52(26-35-58)48-17-9-4-10-18-48)40-31-55(56)44-64(65)63-42-41-62(46-66(63)67)69(59-36-27-53(28-37-59)49-19-11-5-12-20-49)60-38-29-54(30-39-60)50-21-13-6-14-22-50/h3-46H,1-2H3. The molecule has 0 N–H and O–H groups in total. The maximum Gasteiger partial charge on any atom is 0.0468 e. The average molecular weight is 883 g/mol. The lowest BCUT2D eigenvalue weighted by Gasteiger charge is -2.28. The van der Waals surface area contributed by atoms with Gasteiger partial charge >= 0.3 is 0 Å². The van der Waals surface area contributed by atoms with Crippen molar-refractivity contribution in [2.45, 2.75) is 19.3 Å². The fourth-order valence-corrected chi connectivity index (χ4v) is 10.4. The van der Waals surface area contributed by atoms with Crippen molar-refractivity contribution in [3.05, 3.63) is 278 Å². The quantitative estimate of drug-likeness (QED) is 0.135. The lowest BCUT2D eigenvalue weighted by molar-refractivity contribution is 0.661. The molecule has 0 fully saturated rings. The van der Waals surface area contributed by atoms with Crippen molar-refractivity contribution in [1.29, 1.82) is 0 Å². The molecule has 2 nitrogen and oxygen atoms in total. The summed E-state index contributed by atoms with van der Waals surface area (Å²) < 4.78 is 0. The summed E-state index contributed by atoms with van der Waals surface area (Å²) in [6.07, 6.45) is 0. The summed E-state index contributed by atoms with van der Waals surface area (Å²) in [5.74, 6) is 0. The molecule has 12 rings (SSSR count). The van der Waals surface area contributed by atoms with Crippen LogP contribution in [-0.2, 0) is 5.41 Å². The van der Waals surface area contributed by atoms with Gasteiger partial charge in [0.25, 0.3) is 0 Å². The zero-order chi connectivity index (χ0) is 46.3. The average Bonchev–Trinajstić information content (AvgIpc) is 3.63. The zero-order valence-electron chi connectivity index (χ0n) is 38.8. The van der Waals surface area contributed by atoms with E-state index in [0.29, 0.717) is 0 Å². The SMILES string of the molecule is CC1(C)c2cc(N(c3ccc(-c4ccccc4)cc3)c3ccc(-c4ccccc4)cc3)ccc2-c2cc3ccc(N(c4ccc(-c5ccccc5)cc4)c4ccc(-c5ccccc5)cc4)cc3cc21. The highest BCUT2D eigenvalue weighted by atomic mass is 15.1. The fraction of sp³-hybridized carbons (Fsp3) is 0.0448. The van der Waals surface area contributed by atoms with Gasteiger partial charge in [0.05, 0.1) is 0 Å². The molecule has 1 aliphatic rings. The van der Waals surface area contributed by atoms with Gasteiger partial charge in [0.1, 0.15) is 0 Å². The Bertz CT molecular complexity index is 3400. The number of benzene rings is 11. The second-order valence-electron chi connectivity index (χ2n) is 18.6. The van der Waals surface area contributed by atoms with Crippen molar-refractivity contribution in [3.8, 4) is 55.6 Å². The van der Waals surface area contributed by atoms with E-state index in [-0.39, 0.29) is 5.41 Å². The topological polar surface area (TPSA) is 6.48 Å². The van der Waals surface area contributed by atoms with Crippen LogP contribution in [0.15, 0.2) is 267 Å². The van der Waals surface area contributed by atoms with Crippen LogP contribution >= 0.6 is 0 Å². The van der Waals surface area contributed by atoms with Crippen LogP contribution in [0.5, 0.6) is 0 Å². The minimum atomic E-state index is -0.245. The first-order valence-corrected chi connectivity index (χ1v) is 23.9. The molecular weight excluding hydrogens is 833 g/mol. The van der Waals surface area contributed by atoms with Crippen LogP contribution < -0.4 is 9.80 Å². The first-order valence-electron chi connectivity index (χ1n) is 23.9.